The quantitative estimate of drug-likeness (QED) is 0.716. The zero-order valence-corrected chi connectivity index (χ0v) is 9.69. The smallest absolute Gasteiger partial charge is 0.146 e. The topological polar surface area (TPSA) is 35.0 Å². The molecule has 1 aromatic heterocycles. The molecule has 0 N–H and O–H groups in total. The molecule has 82 valence electrons. The summed E-state index contributed by atoms with van der Waals surface area (Å²) in [7, 11) is 1.64. The van der Waals surface area contributed by atoms with Crippen LogP contribution in [0.5, 0.6) is 5.75 Å². The Morgan fingerprint density at radius 1 is 1.06 bits per heavy atom. The number of para-hydroxylation sites is 1. The molecule has 1 aromatic carbocycles. The Morgan fingerprint density at radius 2 is 1.75 bits per heavy atom. The van der Waals surface area contributed by atoms with Gasteiger partial charge >= 0.3 is 0 Å². The molecular weight excluding hydrogens is 200 g/mol. The predicted molar refractivity (Wildman–Crippen MR) is 65.6 cm³/mol. The first-order valence-corrected chi connectivity index (χ1v) is 5.23. The van der Waals surface area contributed by atoms with E-state index in [2.05, 4.69) is 9.97 Å². The van der Waals surface area contributed by atoms with Crippen molar-refractivity contribution in [1.29, 1.82) is 0 Å². The molecule has 0 bridgehead atoms. The highest BCUT2D eigenvalue weighted by Gasteiger charge is 2.03. The van der Waals surface area contributed by atoms with Crippen LogP contribution in [-0.4, -0.2) is 17.1 Å². The molecular formula is C13H14N2O. The maximum Gasteiger partial charge on any atom is 0.146 e. The van der Waals surface area contributed by atoms with E-state index in [4.69, 9.17) is 4.74 Å². The van der Waals surface area contributed by atoms with E-state index in [1.165, 1.54) is 0 Å². The summed E-state index contributed by atoms with van der Waals surface area (Å²) in [5.41, 5.74) is 1.67. The monoisotopic (exact) mass is 214 g/mol. The molecule has 0 radical (unpaired) electrons. The van der Waals surface area contributed by atoms with Gasteiger partial charge in [0.1, 0.15) is 11.3 Å². The number of rotatable bonds is 1. The van der Waals surface area contributed by atoms with E-state index in [-0.39, 0.29) is 0 Å². The number of aromatic nitrogens is 2. The number of methoxy groups -OCH3 is 1. The highest BCUT2D eigenvalue weighted by atomic mass is 16.5. The van der Waals surface area contributed by atoms with Crippen LogP contribution in [0.2, 0.25) is 0 Å². The van der Waals surface area contributed by atoms with Gasteiger partial charge in [0.05, 0.1) is 23.3 Å². The summed E-state index contributed by atoms with van der Waals surface area (Å²) < 4.78 is 5.27. The van der Waals surface area contributed by atoms with Crippen molar-refractivity contribution in [2.75, 3.05) is 7.11 Å². The van der Waals surface area contributed by atoms with Crippen LogP contribution < -0.4 is 15.4 Å². The lowest BCUT2D eigenvalue weighted by molar-refractivity contribution is 0.418. The van der Waals surface area contributed by atoms with Crippen LogP contribution in [0, 0.1) is 0 Å². The van der Waals surface area contributed by atoms with Crippen molar-refractivity contribution in [2.45, 2.75) is 13.8 Å². The molecule has 3 heteroatoms. The third kappa shape index (κ3) is 1.65. The van der Waals surface area contributed by atoms with Gasteiger partial charge in [-0.1, -0.05) is 18.2 Å². The minimum absolute atomic E-state index is 0.760. The van der Waals surface area contributed by atoms with Crippen molar-refractivity contribution < 1.29 is 4.74 Å². The highest BCUT2D eigenvalue weighted by molar-refractivity contribution is 5.80. The number of ether oxygens (including phenoxy) is 1. The maximum absolute atomic E-state index is 5.27. The van der Waals surface area contributed by atoms with Crippen molar-refractivity contribution in [2.24, 2.45) is 0 Å². The van der Waals surface area contributed by atoms with Crippen LogP contribution in [-0.2, 0) is 0 Å². The zero-order chi connectivity index (χ0) is 11.5. The summed E-state index contributed by atoms with van der Waals surface area (Å²) >= 11 is 0. The fourth-order valence-electron chi connectivity index (χ4n) is 1.67. The lowest BCUT2D eigenvalue weighted by atomic mass is 10.2. The van der Waals surface area contributed by atoms with E-state index >= 15 is 0 Å². The molecule has 0 saturated carbocycles. The highest BCUT2D eigenvalue weighted by Crippen LogP contribution is 2.19. The Hall–Kier alpha value is -1.90. The Balaban J connectivity index is 2.95. The van der Waals surface area contributed by atoms with Crippen LogP contribution in [0.1, 0.15) is 13.8 Å². The molecule has 0 fully saturated rings. The zero-order valence-electron chi connectivity index (χ0n) is 9.69. The molecule has 0 aliphatic rings. The third-order valence-electron chi connectivity index (χ3n) is 2.48. The molecule has 0 unspecified atom stereocenters. The minimum atomic E-state index is 0.760. The first-order valence-electron chi connectivity index (χ1n) is 5.23. The van der Waals surface area contributed by atoms with Crippen molar-refractivity contribution in [3.05, 3.63) is 28.9 Å². The fraction of sp³-hybridized carbons (Fsp3) is 0.231. The normalized spacial score (nSPS) is 13.4. The molecule has 0 amide bonds. The molecule has 3 nitrogen and oxygen atoms in total. The average Bonchev–Trinajstić information content (AvgIpc) is 2.36. The van der Waals surface area contributed by atoms with E-state index in [1.807, 2.05) is 44.2 Å². The number of hydrogen-bond acceptors (Lipinski definition) is 3. The first kappa shape index (κ1) is 10.6. The molecule has 2 aromatic rings. The number of hydrogen-bond donors (Lipinski definition) is 0. The van der Waals surface area contributed by atoms with E-state index in [1.54, 1.807) is 7.11 Å². The summed E-state index contributed by atoms with van der Waals surface area (Å²) in [6, 6.07) is 5.76. The van der Waals surface area contributed by atoms with Crippen molar-refractivity contribution in [1.82, 2.24) is 9.97 Å². The van der Waals surface area contributed by atoms with Gasteiger partial charge in [0.15, 0.2) is 0 Å². The summed E-state index contributed by atoms with van der Waals surface area (Å²) in [4.78, 5) is 9.10. The van der Waals surface area contributed by atoms with Crippen molar-refractivity contribution in [3.63, 3.8) is 0 Å². The van der Waals surface area contributed by atoms with Gasteiger partial charge in [-0.3, -0.25) is 0 Å². The van der Waals surface area contributed by atoms with E-state index < -0.39 is 0 Å². The van der Waals surface area contributed by atoms with Crippen LogP contribution >= 0.6 is 0 Å². The van der Waals surface area contributed by atoms with Crippen molar-refractivity contribution >= 4 is 23.2 Å². The van der Waals surface area contributed by atoms with Crippen LogP contribution in [0.25, 0.3) is 23.2 Å². The molecule has 0 aliphatic carbocycles. The predicted octanol–water partition coefficient (Wildman–Crippen LogP) is 1.24. The van der Waals surface area contributed by atoms with Gasteiger partial charge < -0.3 is 4.74 Å². The van der Waals surface area contributed by atoms with E-state index in [0.717, 1.165) is 27.5 Å². The number of fused-ring (bicyclic) bond motifs is 1. The fourth-order valence-corrected chi connectivity index (χ4v) is 1.67. The lowest BCUT2D eigenvalue weighted by Crippen LogP contribution is -2.30. The van der Waals surface area contributed by atoms with Gasteiger partial charge in [-0.15, -0.1) is 0 Å². The minimum Gasteiger partial charge on any atom is -0.494 e. The molecule has 0 aliphatic heterocycles. The molecule has 16 heavy (non-hydrogen) atoms. The van der Waals surface area contributed by atoms with Gasteiger partial charge in [0.2, 0.25) is 0 Å². The van der Waals surface area contributed by atoms with Crippen LogP contribution in [0.3, 0.4) is 0 Å². The van der Waals surface area contributed by atoms with Gasteiger partial charge in [0.25, 0.3) is 0 Å². The SMILES string of the molecule is C/C=c1/nc2cccc(OC)c2n/c1=C/C. The molecule has 0 atom stereocenters. The van der Waals surface area contributed by atoms with Gasteiger partial charge in [-0.2, -0.15) is 0 Å². The summed E-state index contributed by atoms with van der Waals surface area (Å²) in [6.45, 7) is 3.92. The number of benzene rings is 1. The third-order valence-corrected chi connectivity index (χ3v) is 2.48. The van der Waals surface area contributed by atoms with Crippen LogP contribution in [0.4, 0.5) is 0 Å². The van der Waals surface area contributed by atoms with Gasteiger partial charge in [-0.05, 0) is 26.0 Å². The average molecular weight is 214 g/mol. The molecule has 1 heterocycles. The summed E-state index contributed by atoms with van der Waals surface area (Å²) in [5, 5.41) is 1.79. The van der Waals surface area contributed by atoms with Gasteiger partial charge in [-0.25, -0.2) is 9.97 Å². The molecule has 2 rings (SSSR count). The van der Waals surface area contributed by atoms with E-state index in [0.29, 0.717) is 0 Å². The largest absolute Gasteiger partial charge is 0.494 e. The van der Waals surface area contributed by atoms with Crippen molar-refractivity contribution in [3.8, 4) is 5.75 Å². The second-order valence-corrected chi connectivity index (χ2v) is 3.40. The second-order valence-electron chi connectivity index (χ2n) is 3.40. The maximum atomic E-state index is 5.27. The standard InChI is InChI=1S/C13H14N2O/c1-4-9-10(5-2)15-13-11(14-9)7-6-8-12(13)16-3/h4-8H,1-3H3/b9-4+,10-5+. The van der Waals surface area contributed by atoms with E-state index in [9.17, 15) is 0 Å². The Morgan fingerprint density at radius 3 is 2.38 bits per heavy atom. The summed E-state index contributed by atoms with van der Waals surface area (Å²) in [5.74, 6) is 0.760. The Bertz CT molecular complexity index is 632. The van der Waals surface area contributed by atoms with Gasteiger partial charge in [0, 0.05) is 0 Å². The lowest BCUT2D eigenvalue weighted by Gasteiger charge is -2.03. The molecule has 0 saturated heterocycles. The Kier molecular flexibility index (Phi) is 2.86. The van der Waals surface area contributed by atoms with Crippen LogP contribution in [0.15, 0.2) is 18.2 Å². The molecule has 0 spiro atoms. The summed E-state index contributed by atoms with van der Waals surface area (Å²) in [6.07, 6.45) is 3.91. The second kappa shape index (κ2) is 4.31. The Labute approximate surface area is 94.1 Å². The first-order chi connectivity index (χ1) is 7.80. The number of nitrogens with zero attached hydrogens (tertiary/aromatic N) is 2.